The lowest BCUT2D eigenvalue weighted by Crippen LogP contribution is -2.11. The molecule has 0 amide bonds. The smallest absolute Gasteiger partial charge is 0.0739 e. The number of nitrogen functional groups attached to an aromatic ring is 1. The van der Waals surface area contributed by atoms with E-state index in [-0.39, 0.29) is 0 Å². The van der Waals surface area contributed by atoms with Crippen molar-refractivity contribution in [2.24, 2.45) is 10.8 Å². The highest BCUT2D eigenvalue weighted by molar-refractivity contribution is 6.33. The van der Waals surface area contributed by atoms with E-state index >= 15 is 0 Å². The zero-order valence-electron chi connectivity index (χ0n) is 10.3. The van der Waals surface area contributed by atoms with E-state index < -0.39 is 0 Å². The molecule has 1 aliphatic carbocycles. The van der Waals surface area contributed by atoms with Crippen LogP contribution in [0.4, 0.5) is 11.4 Å². The molecule has 1 fully saturated rings. The Morgan fingerprint density at radius 3 is 2.25 bits per heavy atom. The van der Waals surface area contributed by atoms with Crippen LogP contribution in [0.5, 0.6) is 0 Å². The minimum absolute atomic E-state index is 0.293. The molecule has 0 spiro atoms. The largest absolute Gasteiger partial charge is 0.396 e. The average molecular weight is 239 g/mol. The van der Waals surface area contributed by atoms with Crippen molar-refractivity contribution in [3.63, 3.8) is 0 Å². The maximum atomic E-state index is 5.99. The van der Waals surface area contributed by atoms with E-state index in [1.807, 2.05) is 18.2 Å². The topological polar surface area (TPSA) is 38.0 Å². The predicted molar refractivity (Wildman–Crippen MR) is 70.8 cm³/mol. The van der Waals surface area contributed by atoms with Crippen LogP contribution in [0.25, 0.3) is 0 Å². The van der Waals surface area contributed by atoms with Gasteiger partial charge in [-0.15, -0.1) is 0 Å². The van der Waals surface area contributed by atoms with Crippen molar-refractivity contribution in [3.8, 4) is 0 Å². The number of rotatable bonds is 2. The van der Waals surface area contributed by atoms with E-state index in [0.717, 1.165) is 5.69 Å². The minimum Gasteiger partial charge on any atom is -0.396 e. The van der Waals surface area contributed by atoms with Gasteiger partial charge in [-0.05, 0) is 23.0 Å². The first-order chi connectivity index (χ1) is 7.28. The quantitative estimate of drug-likeness (QED) is 0.770. The second-order valence-electron chi connectivity index (χ2n) is 5.72. The van der Waals surface area contributed by atoms with Crippen LogP contribution >= 0.6 is 11.6 Å². The van der Waals surface area contributed by atoms with Gasteiger partial charge in [0.2, 0.25) is 0 Å². The first-order valence-corrected chi connectivity index (χ1v) is 5.97. The molecular formula is C13H19ClN2. The molecule has 1 aromatic carbocycles. The standard InChI is InChI=1S/C13H19ClN2/c1-12(2)11(13(12,3)4)16-9-7-5-6-8(14)10(9)15/h5-7,11,16H,15H2,1-4H3. The summed E-state index contributed by atoms with van der Waals surface area (Å²) < 4.78 is 0. The van der Waals surface area contributed by atoms with E-state index in [2.05, 4.69) is 33.0 Å². The summed E-state index contributed by atoms with van der Waals surface area (Å²) in [6, 6.07) is 6.15. The SMILES string of the molecule is CC1(C)C(Nc2cccc(Cl)c2N)C1(C)C. The average Bonchev–Trinajstić information content (AvgIpc) is 2.55. The third kappa shape index (κ3) is 1.47. The van der Waals surface area contributed by atoms with Crippen LogP contribution < -0.4 is 11.1 Å². The molecule has 0 radical (unpaired) electrons. The molecule has 0 aliphatic heterocycles. The van der Waals surface area contributed by atoms with Gasteiger partial charge in [-0.1, -0.05) is 45.4 Å². The number of hydrogen-bond donors (Lipinski definition) is 2. The van der Waals surface area contributed by atoms with Crippen LogP contribution in [-0.4, -0.2) is 6.04 Å². The summed E-state index contributed by atoms with van der Waals surface area (Å²) >= 11 is 5.99. The molecule has 0 atom stereocenters. The number of hydrogen-bond acceptors (Lipinski definition) is 2. The molecule has 0 bridgehead atoms. The first-order valence-electron chi connectivity index (χ1n) is 5.59. The number of anilines is 2. The van der Waals surface area contributed by atoms with Crippen molar-refractivity contribution in [3.05, 3.63) is 23.2 Å². The van der Waals surface area contributed by atoms with Crippen LogP contribution in [0.3, 0.4) is 0 Å². The molecular weight excluding hydrogens is 220 g/mol. The highest BCUT2D eigenvalue weighted by Gasteiger charge is 2.65. The fourth-order valence-corrected chi connectivity index (χ4v) is 2.55. The van der Waals surface area contributed by atoms with Gasteiger partial charge in [-0.25, -0.2) is 0 Å². The van der Waals surface area contributed by atoms with Gasteiger partial charge in [0, 0.05) is 6.04 Å². The Kier molecular flexibility index (Phi) is 2.39. The number of nitrogens with two attached hydrogens (primary N) is 1. The van der Waals surface area contributed by atoms with E-state index in [1.54, 1.807) is 0 Å². The third-order valence-electron chi connectivity index (χ3n) is 4.37. The molecule has 2 rings (SSSR count). The Labute approximate surface area is 102 Å². The highest BCUT2D eigenvalue weighted by atomic mass is 35.5. The van der Waals surface area contributed by atoms with Crippen LogP contribution in [0.2, 0.25) is 5.02 Å². The van der Waals surface area contributed by atoms with Gasteiger partial charge >= 0.3 is 0 Å². The van der Waals surface area contributed by atoms with Crippen molar-refractivity contribution in [2.45, 2.75) is 33.7 Å². The molecule has 1 aromatic rings. The van der Waals surface area contributed by atoms with Gasteiger partial charge in [0.05, 0.1) is 16.4 Å². The number of nitrogens with one attached hydrogen (secondary N) is 1. The molecule has 0 heterocycles. The lowest BCUT2D eigenvalue weighted by Gasteiger charge is -2.11. The Hall–Kier alpha value is -0.890. The van der Waals surface area contributed by atoms with Gasteiger partial charge in [-0.3, -0.25) is 0 Å². The lowest BCUT2D eigenvalue weighted by molar-refractivity contribution is 0.457. The van der Waals surface area contributed by atoms with E-state index in [1.165, 1.54) is 0 Å². The number of para-hydroxylation sites is 1. The van der Waals surface area contributed by atoms with Crippen molar-refractivity contribution in [2.75, 3.05) is 11.1 Å². The molecule has 2 nitrogen and oxygen atoms in total. The molecule has 1 aliphatic rings. The summed E-state index contributed by atoms with van der Waals surface area (Å²) in [5.74, 6) is 0. The second-order valence-corrected chi connectivity index (χ2v) is 6.13. The van der Waals surface area contributed by atoms with E-state index in [4.69, 9.17) is 17.3 Å². The van der Waals surface area contributed by atoms with Crippen molar-refractivity contribution < 1.29 is 0 Å². The summed E-state index contributed by atoms with van der Waals surface area (Å²) in [5, 5.41) is 4.11. The van der Waals surface area contributed by atoms with Gasteiger partial charge in [0.1, 0.15) is 0 Å². The van der Waals surface area contributed by atoms with Crippen LogP contribution in [-0.2, 0) is 0 Å². The molecule has 3 N–H and O–H groups in total. The van der Waals surface area contributed by atoms with Crippen LogP contribution in [0.1, 0.15) is 27.7 Å². The fourth-order valence-electron chi connectivity index (χ4n) is 2.38. The van der Waals surface area contributed by atoms with Crippen molar-refractivity contribution >= 4 is 23.0 Å². The molecule has 0 unspecified atom stereocenters. The van der Waals surface area contributed by atoms with E-state index in [9.17, 15) is 0 Å². The Bertz CT molecular complexity index is 410. The van der Waals surface area contributed by atoms with Crippen molar-refractivity contribution in [1.29, 1.82) is 0 Å². The molecule has 88 valence electrons. The van der Waals surface area contributed by atoms with Crippen LogP contribution in [0.15, 0.2) is 18.2 Å². The Morgan fingerprint density at radius 1 is 1.19 bits per heavy atom. The predicted octanol–water partition coefficient (Wildman–Crippen LogP) is 3.77. The van der Waals surface area contributed by atoms with Gasteiger partial charge < -0.3 is 11.1 Å². The molecule has 3 heteroatoms. The van der Waals surface area contributed by atoms with Crippen LogP contribution in [0, 0.1) is 10.8 Å². The summed E-state index contributed by atoms with van der Waals surface area (Å²) in [6.07, 6.45) is 0. The lowest BCUT2D eigenvalue weighted by atomic mass is 10.0. The summed E-state index contributed by atoms with van der Waals surface area (Å²) in [6.45, 7) is 9.08. The summed E-state index contributed by atoms with van der Waals surface area (Å²) in [5.41, 5.74) is 8.11. The Morgan fingerprint density at radius 2 is 1.75 bits per heavy atom. The maximum absolute atomic E-state index is 5.99. The Balaban J connectivity index is 2.21. The zero-order valence-corrected chi connectivity index (χ0v) is 11.0. The van der Waals surface area contributed by atoms with Gasteiger partial charge in [0.25, 0.3) is 0 Å². The van der Waals surface area contributed by atoms with Crippen molar-refractivity contribution in [1.82, 2.24) is 0 Å². The van der Waals surface area contributed by atoms with E-state index in [0.29, 0.717) is 27.6 Å². The monoisotopic (exact) mass is 238 g/mol. The summed E-state index contributed by atoms with van der Waals surface area (Å²) in [7, 11) is 0. The van der Waals surface area contributed by atoms with Gasteiger partial charge in [0.15, 0.2) is 0 Å². The third-order valence-corrected chi connectivity index (χ3v) is 4.70. The summed E-state index contributed by atoms with van der Waals surface area (Å²) in [4.78, 5) is 0. The molecule has 0 saturated heterocycles. The molecule has 0 aromatic heterocycles. The fraction of sp³-hybridized carbons (Fsp3) is 0.538. The highest BCUT2D eigenvalue weighted by Crippen LogP contribution is 2.63. The maximum Gasteiger partial charge on any atom is 0.0739 e. The number of benzene rings is 1. The molecule has 16 heavy (non-hydrogen) atoms. The zero-order chi connectivity index (χ0) is 12.1. The second kappa shape index (κ2) is 3.30. The number of halogens is 1. The first kappa shape index (κ1) is 11.6. The van der Waals surface area contributed by atoms with Gasteiger partial charge in [-0.2, -0.15) is 0 Å². The normalized spacial score (nSPS) is 21.8. The minimum atomic E-state index is 0.293. The molecule has 1 saturated carbocycles.